The van der Waals surface area contributed by atoms with Crippen LogP contribution in [0.15, 0.2) is 73.1 Å². The number of aryl methyl sites for hydroxylation is 1. The molecule has 3 aromatic heterocycles. The molecule has 5 aromatic rings. The molecule has 8 nitrogen and oxygen atoms in total. The quantitative estimate of drug-likeness (QED) is 0.371. The third-order valence-electron chi connectivity index (χ3n) is 6.74. The predicted octanol–water partition coefficient (Wildman–Crippen LogP) is 4.58. The zero-order valence-electron chi connectivity index (χ0n) is 20.1. The zero-order valence-corrected chi connectivity index (χ0v) is 20.1. The SMILES string of the molecule is Cc1ccc(-c2nnc(C3CC(NC(=O)c4cccc5cc(N)cnc45)C3)n2-c2ccccc2F)nc1. The van der Waals surface area contributed by atoms with E-state index in [2.05, 4.69) is 25.5 Å². The molecule has 1 amide bonds. The first-order valence-corrected chi connectivity index (χ1v) is 12.1. The number of nitrogens with zero attached hydrogens (tertiary/aromatic N) is 5. The smallest absolute Gasteiger partial charge is 0.253 e. The van der Waals surface area contributed by atoms with Gasteiger partial charge >= 0.3 is 0 Å². The van der Waals surface area contributed by atoms with Gasteiger partial charge < -0.3 is 11.1 Å². The molecule has 3 heterocycles. The van der Waals surface area contributed by atoms with E-state index in [0.717, 1.165) is 10.9 Å². The zero-order chi connectivity index (χ0) is 25.5. The van der Waals surface area contributed by atoms with E-state index < -0.39 is 0 Å². The number of anilines is 1. The molecule has 3 N–H and O–H groups in total. The van der Waals surface area contributed by atoms with Crippen molar-refractivity contribution in [2.24, 2.45) is 0 Å². The molecule has 0 radical (unpaired) electrons. The molecule has 6 rings (SSSR count). The van der Waals surface area contributed by atoms with Crippen LogP contribution in [0.5, 0.6) is 0 Å². The van der Waals surface area contributed by atoms with Crippen LogP contribution in [-0.4, -0.2) is 36.7 Å². The first kappa shape index (κ1) is 22.8. The maximum atomic E-state index is 14.9. The Morgan fingerprint density at radius 1 is 1.03 bits per heavy atom. The second-order valence-electron chi connectivity index (χ2n) is 9.37. The Morgan fingerprint density at radius 2 is 1.86 bits per heavy atom. The van der Waals surface area contributed by atoms with Crippen molar-refractivity contribution in [2.75, 3.05) is 5.73 Å². The summed E-state index contributed by atoms with van der Waals surface area (Å²) < 4.78 is 16.6. The summed E-state index contributed by atoms with van der Waals surface area (Å²) in [5.41, 5.74) is 9.50. The van der Waals surface area contributed by atoms with Gasteiger partial charge in [-0.1, -0.05) is 30.3 Å². The fourth-order valence-corrected chi connectivity index (χ4v) is 4.77. The van der Waals surface area contributed by atoms with E-state index in [9.17, 15) is 9.18 Å². The number of hydrogen-bond donors (Lipinski definition) is 2. The van der Waals surface area contributed by atoms with Crippen LogP contribution in [0.4, 0.5) is 10.1 Å². The lowest BCUT2D eigenvalue weighted by Gasteiger charge is -2.35. The summed E-state index contributed by atoms with van der Waals surface area (Å²) in [5, 5.41) is 12.8. The van der Waals surface area contributed by atoms with E-state index >= 15 is 0 Å². The molecule has 0 saturated heterocycles. The number of nitrogen functional groups attached to an aromatic ring is 1. The fourth-order valence-electron chi connectivity index (χ4n) is 4.77. The summed E-state index contributed by atoms with van der Waals surface area (Å²) in [7, 11) is 0. The van der Waals surface area contributed by atoms with Gasteiger partial charge in [-0.3, -0.25) is 19.3 Å². The number of pyridine rings is 2. The molecule has 1 saturated carbocycles. The minimum absolute atomic E-state index is 0.00189. The van der Waals surface area contributed by atoms with E-state index in [1.807, 2.05) is 31.2 Å². The minimum atomic E-state index is -0.370. The van der Waals surface area contributed by atoms with Crippen LogP contribution in [0.25, 0.3) is 28.1 Å². The van der Waals surface area contributed by atoms with E-state index in [0.29, 0.717) is 52.6 Å². The molecular weight excluding hydrogens is 469 g/mol. The Hall–Kier alpha value is -4.66. The number of nitrogens with one attached hydrogen (secondary N) is 1. The standard InChI is InChI=1S/C28H24FN7O/c1-16-9-10-23(31-14-16)27-35-34-26(36(27)24-8-3-2-7-22(24)29)18-12-20(13-18)33-28(37)21-6-4-5-17-11-19(30)15-32-25(17)21/h2-11,14-15,18,20H,12-13,30H2,1H3,(H,33,37). The number of hydrogen-bond acceptors (Lipinski definition) is 6. The number of nitrogens with two attached hydrogens (primary N) is 1. The Bertz CT molecular complexity index is 1620. The Kier molecular flexibility index (Phi) is 5.60. The van der Waals surface area contributed by atoms with E-state index in [1.165, 1.54) is 6.07 Å². The average molecular weight is 494 g/mol. The second-order valence-corrected chi connectivity index (χ2v) is 9.37. The van der Waals surface area contributed by atoms with Crippen LogP contribution in [0.2, 0.25) is 0 Å². The minimum Gasteiger partial charge on any atom is -0.397 e. The maximum absolute atomic E-state index is 14.9. The number of halogens is 1. The van der Waals surface area contributed by atoms with Crippen LogP contribution in [0.3, 0.4) is 0 Å². The van der Waals surface area contributed by atoms with Crippen molar-refractivity contribution in [1.29, 1.82) is 0 Å². The summed E-state index contributed by atoms with van der Waals surface area (Å²) in [4.78, 5) is 21.9. The highest BCUT2D eigenvalue weighted by Crippen LogP contribution is 2.39. The number of amides is 1. The first-order chi connectivity index (χ1) is 18.0. The van der Waals surface area contributed by atoms with Crippen molar-refractivity contribution in [3.63, 3.8) is 0 Å². The fraction of sp³-hybridized carbons (Fsp3) is 0.179. The predicted molar refractivity (Wildman–Crippen MR) is 139 cm³/mol. The molecule has 1 aliphatic carbocycles. The van der Waals surface area contributed by atoms with Gasteiger partial charge in [0.1, 0.15) is 17.3 Å². The summed E-state index contributed by atoms with van der Waals surface area (Å²) in [6, 6.07) is 17.6. The van der Waals surface area contributed by atoms with Crippen LogP contribution in [0.1, 0.15) is 40.5 Å². The lowest BCUT2D eigenvalue weighted by atomic mass is 9.79. The van der Waals surface area contributed by atoms with Crippen LogP contribution in [0, 0.1) is 12.7 Å². The Balaban J connectivity index is 1.26. The lowest BCUT2D eigenvalue weighted by Crippen LogP contribution is -2.44. The van der Waals surface area contributed by atoms with Gasteiger partial charge in [-0.05, 0) is 55.7 Å². The summed E-state index contributed by atoms with van der Waals surface area (Å²) in [6.07, 6.45) is 4.62. The van der Waals surface area contributed by atoms with E-state index in [1.54, 1.807) is 47.3 Å². The molecule has 1 aliphatic rings. The molecule has 0 aliphatic heterocycles. The van der Waals surface area contributed by atoms with Crippen LogP contribution >= 0.6 is 0 Å². The Labute approximate surface area is 212 Å². The number of rotatable bonds is 5. The van der Waals surface area contributed by atoms with Gasteiger partial charge in [0.25, 0.3) is 5.91 Å². The van der Waals surface area contributed by atoms with Gasteiger partial charge in [0.15, 0.2) is 5.82 Å². The molecule has 37 heavy (non-hydrogen) atoms. The maximum Gasteiger partial charge on any atom is 0.253 e. The second kappa shape index (κ2) is 9.09. The van der Waals surface area contributed by atoms with Crippen LogP contribution < -0.4 is 11.1 Å². The van der Waals surface area contributed by atoms with Crippen molar-refractivity contribution in [2.45, 2.75) is 31.7 Å². The molecule has 2 aromatic carbocycles. The number of para-hydroxylation sites is 2. The van der Waals surface area contributed by atoms with Gasteiger partial charge in [-0.2, -0.15) is 0 Å². The number of carbonyl (C=O) groups is 1. The molecule has 0 atom stereocenters. The molecule has 0 unspecified atom stereocenters. The normalized spacial score (nSPS) is 16.9. The molecule has 1 fully saturated rings. The van der Waals surface area contributed by atoms with E-state index in [4.69, 9.17) is 5.73 Å². The van der Waals surface area contributed by atoms with Crippen molar-refractivity contribution < 1.29 is 9.18 Å². The molecule has 0 bridgehead atoms. The van der Waals surface area contributed by atoms with Gasteiger partial charge in [0.05, 0.1) is 28.7 Å². The van der Waals surface area contributed by atoms with Gasteiger partial charge in [-0.25, -0.2) is 4.39 Å². The van der Waals surface area contributed by atoms with E-state index in [-0.39, 0.29) is 23.7 Å². The summed E-state index contributed by atoms with van der Waals surface area (Å²) in [5.74, 6) is 0.572. The van der Waals surface area contributed by atoms with Crippen molar-refractivity contribution >= 4 is 22.5 Å². The number of carbonyl (C=O) groups excluding carboxylic acids is 1. The Morgan fingerprint density at radius 3 is 2.65 bits per heavy atom. The summed E-state index contributed by atoms with van der Waals surface area (Å²) in [6.45, 7) is 1.95. The molecule has 9 heteroatoms. The van der Waals surface area contributed by atoms with Crippen LogP contribution in [-0.2, 0) is 0 Å². The average Bonchev–Trinajstić information content (AvgIpc) is 3.30. The summed E-state index contributed by atoms with van der Waals surface area (Å²) >= 11 is 0. The monoisotopic (exact) mass is 493 g/mol. The third kappa shape index (κ3) is 4.18. The van der Waals surface area contributed by atoms with Gasteiger partial charge in [-0.15, -0.1) is 10.2 Å². The molecule has 184 valence electrons. The first-order valence-electron chi connectivity index (χ1n) is 12.1. The number of aromatic nitrogens is 5. The topological polar surface area (TPSA) is 112 Å². The number of benzene rings is 2. The van der Waals surface area contributed by atoms with Gasteiger partial charge in [0, 0.05) is 23.5 Å². The third-order valence-corrected chi connectivity index (χ3v) is 6.74. The van der Waals surface area contributed by atoms with Crippen molar-refractivity contribution in [1.82, 2.24) is 30.0 Å². The highest BCUT2D eigenvalue weighted by atomic mass is 19.1. The highest BCUT2D eigenvalue weighted by Gasteiger charge is 2.36. The highest BCUT2D eigenvalue weighted by molar-refractivity contribution is 6.06. The van der Waals surface area contributed by atoms with Gasteiger partial charge in [0.2, 0.25) is 0 Å². The lowest BCUT2D eigenvalue weighted by molar-refractivity contribution is 0.0908. The number of fused-ring (bicyclic) bond motifs is 1. The largest absolute Gasteiger partial charge is 0.397 e. The van der Waals surface area contributed by atoms with Crippen molar-refractivity contribution in [3.8, 4) is 17.2 Å². The van der Waals surface area contributed by atoms with Crippen molar-refractivity contribution in [3.05, 3.63) is 95.8 Å². The molecule has 0 spiro atoms. The molecular formula is C28H24FN7O.